The van der Waals surface area contributed by atoms with Crippen molar-refractivity contribution in [3.63, 3.8) is 0 Å². The van der Waals surface area contributed by atoms with Crippen LogP contribution in [0.3, 0.4) is 0 Å². The Hall–Kier alpha value is -1.95. The van der Waals surface area contributed by atoms with Gasteiger partial charge in [0.25, 0.3) is 11.6 Å². The molecule has 1 amide bonds. The summed E-state index contributed by atoms with van der Waals surface area (Å²) >= 11 is 1.41. The van der Waals surface area contributed by atoms with Crippen molar-refractivity contribution >= 4 is 33.0 Å². The van der Waals surface area contributed by atoms with Gasteiger partial charge in [-0.3, -0.25) is 14.9 Å². The van der Waals surface area contributed by atoms with Gasteiger partial charge < -0.3 is 4.90 Å². The minimum absolute atomic E-state index is 0.0537. The normalized spacial score (nSPS) is 19.1. The number of hydrogen-bond donors (Lipinski definition) is 0. The number of carbonyl (C=O) groups is 1. The Morgan fingerprint density at radius 1 is 1.32 bits per heavy atom. The fourth-order valence-corrected chi connectivity index (χ4v) is 3.88. The fourth-order valence-electron chi connectivity index (χ4n) is 2.87. The Kier molecular flexibility index (Phi) is 4.11. The fraction of sp³-hybridized carbons (Fsp3) is 0.438. The van der Waals surface area contributed by atoms with Gasteiger partial charge in [0.2, 0.25) is 0 Å². The molecule has 1 aliphatic rings. The number of nitro groups is 1. The lowest BCUT2D eigenvalue weighted by Crippen LogP contribution is -2.31. The van der Waals surface area contributed by atoms with Gasteiger partial charge in [-0.1, -0.05) is 6.92 Å². The van der Waals surface area contributed by atoms with E-state index >= 15 is 0 Å². The molecule has 5 nitrogen and oxygen atoms in total. The number of fused-ring (bicyclic) bond motifs is 1. The molecule has 0 radical (unpaired) electrons. The van der Waals surface area contributed by atoms with E-state index in [0.717, 1.165) is 36.0 Å². The molecular formula is C16H18N2O3S. The Bertz CT molecular complexity index is 725. The van der Waals surface area contributed by atoms with Crippen LogP contribution in [0.1, 0.15) is 35.9 Å². The van der Waals surface area contributed by atoms with Crippen molar-refractivity contribution < 1.29 is 9.72 Å². The number of thiophene rings is 1. The first-order valence-electron chi connectivity index (χ1n) is 7.52. The van der Waals surface area contributed by atoms with Crippen LogP contribution < -0.4 is 0 Å². The van der Waals surface area contributed by atoms with Crippen molar-refractivity contribution in [1.29, 1.82) is 0 Å². The van der Waals surface area contributed by atoms with Crippen LogP contribution >= 0.6 is 11.3 Å². The van der Waals surface area contributed by atoms with Gasteiger partial charge in [0.15, 0.2) is 0 Å². The molecule has 0 bridgehead atoms. The molecule has 1 aromatic carbocycles. The summed E-state index contributed by atoms with van der Waals surface area (Å²) in [4.78, 5) is 25.7. The van der Waals surface area contributed by atoms with Gasteiger partial charge in [-0.05, 0) is 37.3 Å². The van der Waals surface area contributed by atoms with Crippen LogP contribution in [0.2, 0.25) is 0 Å². The maximum absolute atomic E-state index is 12.7. The van der Waals surface area contributed by atoms with Crippen molar-refractivity contribution in [2.24, 2.45) is 5.92 Å². The molecule has 2 heterocycles. The number of non-ortho nitro benzene ring substituents is 1. The smallest absolute Gasteiger partial charge is 0.270 e. The minimum Gasteiger partial charge on any atom is -0.338 e. The molecule has 22 heavy (non-hydrogen) atoms. The SMILES string of the molecule is CC1CCCN(C(=O)c2cc3cc([N+](=O)[O-])ccc3s2)CC1. The van der Waals surface area contributed by atoms with Gasteiger partial charge in [-0.2, -0.15) is 0 Å². The van der Waals surface area contributed by atoms with E-state index in [2.05, 4.69) is 6.92 Å². The number of carbonyl (C=O) groups excluding carboxylic acids is 1. The largest absolute Gasteiger partial charge is 0.338 e. The zero-order valence-corrected chi connectivity index (χ0v) is 13.3. The first kappa shape index (κ1) is 15.0. The number of nitrogens with zero attached hydrogens (tertiary/aromatic N) is 2. The van der Waals surface area contributed by atoms with E-state index in [0.29, 0.717) is 10.8 Å². The van der Waals surface area contributed by atoms with Crippen LogP contribution in [0.15, 0.2) is 24.3 Å². The molecule has 1 aliphatic heterocycles. The Morgan fingerprint density at radius 3 is 2.91 bits per heavy atom. The molecule has 0 saturated carbocycles. The molecule has 1 unspecified atom stereocenters. The number of amides is 1. The first-order chi connectivity index (χ1) is 10.5. The molecule has 6 heteroatoms. The van der Waals surface area contributed by atoms with Crippen molar-refractivity contribution in [2.75, 3.05) is 13.1 Å². The van der Waals surface area contributed by atoms with Crippen molar-refractivity contribution in [3.05, 3.63) is 39.3 Å². The summed E-state index contributed by atoms with van der Waals surface area (Å²) in [5.74, 6) is 0.723. The summed E-state index contributed by atoms with van der Waals surface area (Å²) in [7, 11) is 0. The number of benzene rings is 1. The van der Waals surface area contributed by atoms with Crippen molar-refractivity contribution in [1.82, 2.24) is 4.90 Å². The van der Waals surface area contributed by atoms with E-state index in [9.17, 15) is 14.9 Å². The molecule has 3 rings (SSSR count). The van der Waals surface area contributed by atoms with Gasteiger partial charge >= 0.3 is 0 Å². The molecule has 1 aromatic heterocycles. The monoisotopic (exact) mass is 318 g/mol. The van der Waals surface area contributed by atoms with Gasteiger partial charge in [0.05, 0.1) is 9.80 Å². The van der Waals surface area contributed by atoms with Crippen LogP contribution in [0, 0.1) is 16.0 Å². The molecular weight excluding hydrogens is 300 g/mol. The second kappa shape index (κ2) is 6.04. The molecule has 0 spiro atoms. The highest BCUT2D eigenvalue weighted by Gasteiger charge is 2.21. The molecule has 0 N–H and O–H groups in total. The van der Waals surface area contributed by atoms with Crippen LogP contribution in [-0.4, -0.2) is 28.8 Å². The second-order valence-corrected chi connectivity index (χ2v) is 7.00. The van der Waals surface area contributed by atoms with E-state index in [-0.39, 0.29) is 11.6 Å². The maximum atomic E-state index is 12.7. The topological polar surface area (TPSA) is 63.5 Å². The highest BCUT2D eigenvalue weighted by Crippen LogP contribution is 2.30. The number of hydrogen-bond acceptors (Lipinski definition) is 4. The lowest BCUT2D eigenvalue weighted by atomic mass is 10.0. The molecule has 1 atom stereocenters. The third-order valence-electron chi connectivity index (χ3n) is 4.23. The summed E-state index contributed by atoms with van der Waals surface area (Å²) in [6, 6.07) is 6.52. The zero-order chi connectivity index (χ0) is 15.7. The first-order valence-corrected chi connectivity index (χ1v) is 8.33. The van der Waals surface area contributed by atoms with Gasteiger partial charge in [0.1, 0.15) is 0 Å². The summed E-state index contributed by atoms with van der Waals surface area (Å²) in [6.45, 7) is 3.83. The second-order valence-electron chi connectivity index (χ2n) is 5.92. The van der Waals surface area contributed by atoms with E-state index in [4.69, 9.17) is 0 Å². The molecule has 0 aliphatic carbocycles. The molecule has 1 fully saturated rings. The predicted molar refractivity (Wildman–Crippen MR) is 87.4 cm³/mol. The average molecular weight is 318 g/mol. The predicted octanol–water partition coefficient (Wildman–Crippen LogP) is 4.07. The van der Waals surface area contributed by atoms with Crippen molar-refractivity contribution in [3.8, 4) is 0 Å². The van der Waals surface area contributed by atoms with Crippen LogP contribution in [0.5, 0.6) is 0 Å². The summed E-state index contributed by atoms with van der Waals surface area (Å²) < 4.78 is 0.914. The van der Waals surface area contributed by atoms with Gasteiger partial charge in [0, 0.05) is 35.3 Å². The standard InChI is InChI=1S/C16H18N2O3S/c1-11-3-2-7-17(8-6-11)16(19)15-10-12-9-13(18(20)21)4-5-14(12)22-15/h4-5,9-11H,2-3,6-8H2,1H3. The van der Waals surface area contributed by atoms with E-state index in [1.54, 1.807) is 12.1 Å². The van der Waals surface area contributed by atoms with Crippen LogP contribution in [0.4, 0.5) is 5.69 Å². The quantitative estimate of drug-likeness (QED) is 0.619. The lowest BCUT2D eigenvalue weighted by molar-refractivity contribution is -0.384. The summed E-state index contributed by atoms with van der Waals surface area (Å²) in [5.41, 5.74) is 0.0629. The lowest BCUT2D eigenvalue weighted by Gasteiger charge is -2.19. The van der Waals surface area contributed by atoms with Crippen LogP contribution in [-0.2, 0) is 0 Å². The highest BCUT2D eigenvalue weighted by molar-refractivity contribution is 7.20. The molecule has 116 valence electrons. The highest BCUT2D eigenvalue weighted by atomic mass is 32.1. The number of likely N-dealkylation sites (tertiary alicyclic amines) is 1. The van der Waals surface area contributed by atoms with E-state index in [1.165, 1.54) is 29.9 Å². The molecule has 2 aromatic rings. The Balaban J connectivity index is 1.86. The minimum atomic E-state index is -0.408. The van der Waals surface area contributed by atoms with Gasteiger partial charge in [-0.15, -0.1) is 11.3 Å². The molecule has 1 saturated heterocycles. The Morgan fingerprint density at radius 2 is 2.14 bits per heavy atom. The Labute approximate surface area is 132 Å². The third kappa shape index (κ3) is 2.97. The summed E-state index contributed by atoms with van der Waals surface area (Å²) in [6.07, 6.45) is 3.26. The number of rotatable bonds is 2. The van der Waals surface area contributed by atoms with E-state index < -0.39 is 4.92 Å². The maximum Gasteiger partial charge on any atom is 0.270 e. The average Bonchev–Trinajstić information content (AvgIpc) is 2.81. The van der Waals surface area contributed by atoms with E-state index in [1.807, 2.05) is 4.90 Å². The van der Waals surface area contributed by atoms with Gasteiger partial charge in [-0.25, -0.2) is 0 Å². The zero-order valence-electron chi connectivity index (χ0n) is 12.4. The third-order valence-corrected chi connectivity index (χ3v) is 5.33. The van der Waals surface area contributed by atoms with Crippen LogP contribution in [0.25, 0.3) is 10.1 Å². The number of nitro benzene ring substituents is 1. The van der Waals surface area contributed by atoms with Crippen molar-refractivity contribution in [2.45, 2.75) is 26.2 Å². The summed E-state index contributed by atoms with van der Waals surface area (Å²) in [5, 5.41) is 11.6.